The molecule has 0 saturated heterocycles. The van der Waals surface area contributed by atoms with E-state index in [1.54, 1.807) is 29.5 Å². The molecule has 0 aliphatic rings. The van der Waals surface area contributed by atoms with Crippen molar-refractivity contribution in [2.24, 2.45) is 0 Å². The Morgan fingerprint density at radius 1 is 1.45 bits per heavy atom. The third-order valence-corrected chi connectivity index (χ3v) is 3.18. The van der Waals surface area contributed by atoms with E-state index < -0.39 is 18.1 Å². The van der Waals surface area contributed by atoms with Gasteiger partial charge < -0.3 is 14.2 Å². The molecule has 9 heteroatoms. The first-order valence-corrected chi connectivity index (χ1v) is 6.49. The van der Waals surface area contributed by atoms with E-state index in [2.05, 4.69) is 9.72 Å². The van der Waals surface area contributed by atoms with Gasteiger partial charge in [-0.05, 0) is 29.5 Å². The van der Waals surface area contributed by atoms with Gasteiger partial charge >= 0.3 is 12.3 Å². The summed E-state index contributed by atoms with van der Waals surface area (Å²) in [7, 11) is 1.20. The lowest BCUT2D eigenvalue weighted by molar-refractivity contribution is -0.275. The van der Waals surface area contributed by atoms with Crippen LogP contribution in [0, 0.1) is 3.57 Å². The molecule has 20 heavy (non-hydrogen) atoms. The number of ether oxygens (including phenoxy) is 3. The van der Waals surface area contributed by atoms with E-state index in [1.807, 2.05) is 0 Å². The summed E-state index contributed by atoms with van der Waals surface area (Å²) >= 11 is 1.62. The number of hydrogen-bond donors (Lipinski definition) is 0. The molecule has 1 aromatic rings. The van der Waals surface area contributed by atoms with E-state index in [0.29, 0.717) is 0 Å². The number of carbonyl (C=O) groups is 1. The zero-order valence-electron chi connectivity index (χ0n) is 10.6. The Hall–Kier alpha value is -1.26. The highest BCUT2D eigenvalue weighted by Gasteiger charge is 2.34. The summed E-state index contributed by atoms with van der Waals surface area (Å²) in [6.07, 6.45) is -4.04. The van der Waals surface area contributed by atoms with Crippen LogP contribution >= 0.6 is 22.6 Å². The molecule has 0 fully saturated rings. The molecule has 1 rings (SSSR count). The zero-order valence-corrected chi connectivity index (χ0v) is 12.7. The normalized spacial score (nSPS) is 11.1. The molecule has 0 spiro atoms. The maximum absolute atomic E-state index is 12.4. The minimum Gasteiger partial charge on any atom is -0.491 e. The van der Waals surface area contributed by atoms with Crippen molar-refractivity contribution in [2.75, 3.05) is 13.7 Å². The first-order valence-electron chi connectivity index (χ1n) is 5.41. The minimum atomic E-state index is -4.87. The van der Waals surface area contributed by atoms with Crippen LogP contribution in [0.1, 0.15) is 12.6 Å². The van der Waals surface area contributed by atoms with E-state index in [1.165, 1.54) is 7.11 Å². The molecule has 1 heterocycles. The van der Waals surface area contributed by atoms with Gasteiger partial charge in [-0.15, -0.1) is 13.2 Å². The molecule has 0 aromatic carbocycles. The summed E-state index contributed by atoms with van der Waals surface area (Å²) in [5, 5.41) is 0. The standard InChI is InChI=1S/C11H11F3INO4/c1-3-19-8(17)4-6-9(15)10(20-11(12,13)14)7(18-2)5-16-6/h5H,3-4H2,1-2H3. The van der Waals surface area contributed by atoms with Crippen LogP contribution in [0.3, 0.4) is 0 Å². The van der Waals surface area contributed by atoms with Crippen LogP contribution in [0.4, 0.5) is 13.2 Å². The molecular formula is C11H11F3INO4. The number of pyridine rings is 1. The fourth-order valence-corrected chi connectivity index (χ4v) is 2.03. The second-order valence-electron chi connectivity index (χ2n) is 3.45. The first kappa shape index (κ1) is 16.8. The van der Waals surface area contributed by atoms with E-state index >= 15 is 0 Å². The SMILES string of the molecule is CCOC(=O)Cc1ncc(OC)c(OC(F)(F)F)c1I. The predicted octanol–water partition coefficient (Wildman–Crippen LogP) is 2.70. The molecule has 0 unspecified atom stereocenters. The molecule has 0 aliphatic carbocycles. The number of hydrogen-bond acceptors (Lipinski definition) is 5. The van der Waals surface area contributed by atoms with Crippen molar-refractivity contribution in [1.29, 1.82) is 0 Å². The van der Waals surface area contributed by atoms with Gasteiger partial charge in [0.05, 0.1) is 35.6 Å². The van der Waals surface area contributed by atoms with Crippen molar-refractivity contribution < 1.29 is 32.2 Å². The lowest BCUT2D eigenvalue weighted by atomic mass is 10.2. The summed E-state index contributed by atoms with van der Waals surface area (Å²) in [5.41, 5.74) is 0.129. The Balaban J connectivity index is 3.11. The summed E-state index contributed by atoms with van der Waals surface area (Å²) < 4.78 is 50.5. The van der Waals surface area contributed by atoms with Gasteiger partial charge in [0.2, 0.25) is 0 Å². The van der Waals surface area contributed by atoms with Gasteiger partial charge in [-0.2, -0.15) is 0 Å². The number of aromatic nitrogens is 1. The van der Waals surface area contributed by atoms with Crippen LogP contribution in [0.15, 0.2) is 6.20 Å². The summed E-state index contributed by atoms with van der Waals surface area (Å²) in [4.78, 5) is 15.2. The van der Waals surface area contributed by atoms with E-state index in [-0.39, 0.29) is 28.0 Å². The van der Waals surface area contributed by atoms with Gasteiger partial charge in [0, 0.05) is 0 Å². The molecule has 5 nitrogen and oxygen atoms in total. The van der Waals surface area contributed by atoms with Crippen molar-refractivity contribution in [2.45, 2.75) is 19.7 Å². The van der Waals surface area contributed by atoms with Crippen molar-refractivity contribution in [3.05, 3.63) is 15.5 Å². The highest BCUT2D eigenvalue weighted by molar-refractivity contribution is 14.1. The van der Waals surface area contributed by atoms with Crippen LogP contribution in [0.25, 0.3) is 0 Å². The van der Waals surface area contributed by atoms with Crippen LogP contribution in [0.5, 0.6) is 11.5 Å². The van der Waals surface area contributed by atoms with Crippen LogP contribution in [0.2, 0.25) is 0 Å². The van der Waals surface area contributed by atoms with Gasteiger partial charge in [-0.3, -0.25) is 9.78 Å². The van der Waals surface area contributed by atoms with Crippen molar-refractivity contribution in [3.8, 4) is 11.5 Å². The Labute approximate surface area is 126 Å². The van der Waals surface area contributed by atoms with Crippen LogP contribution < -0.4 is 9.47 Å². The minimum absolute atomic E-state index is 0.0485. The number of nitrogens with zero attached hydrogens (tertiary/aromatic N) is 1. The lowest BCUT2D eigenvalue weighted by Crippen LogP contribution is -2.19. The molecular weight excluding hydrogens is 394 g/mol. The van der Waals surface area contributed by atoms with Crippen molar-refractivity contribution >= 4 is 28.6 Å². The number of esters is 1. The fraction of sp³-hybridized carbons (Fsp3) is 0.455. The fourth-order valence-electron chi connectivity index (χ4n) is 1.32. The van der Waals surface area contributed by atoms with E-state index in [4.69, 9.17) is 9.47 Å². The van der Waals surface area contributed by atoms with Crippen LogP contribution in [-0.4, -0.2) is 31.0 Å². The van der Waals surface area contributed by atoms with Crippen molar-refractivity contribution in [1.82, 2.24) is 4.98 Å². The highest BCUT2D eigenvalue weighted by atomic mass is 127. The topological polar surface area (TPSA) is 57.7 Å². The van der Waals surface area contributed by atoms with Gasteiger partial charge in [0.15, 0.2) is 11.5 Å². The summed E-state index contributed by atoms with van der Waals surface area (Å²) in [5.74, 6) is -1.27. The monoisotopic (exact) mass is 405 g/mol. The van der Waals surface area contributed by atoms with Crippen LogP contribution in [-0.2, 0) is 16.0 Å². The Morgan fingerprint density at radius 2 is 2.10 bits per heavy atom. The third kappa shape index (κ3) is 4.69. The second kappa shape index (κ2) is 6.95. The van der Waals surface area contributed by atoms with E-state index in [0.717, 1.165) is 6.20 Å². The van der Waals surface area contributed by atoms with Gasteiger partial charge in [-0.25, -0.2) is 0 Å². The number of alkyl halides is 3. The molecule has 0 N–H and O–H groups in total. The Kier molecular flexibility index (Phi) is 5.84. The Bertz CT molecular complexity index is 493. The maximum atomic E-state index is 12.4. The third-order valence-electron chi connectivity index (χ3n) is 2.07. The van der Waals surface area contributed by atoms with E-state index in [9.17, 15) is 18.0 Å². The highest BCUT2D eigenvalue weighted by Crippen LogP contribution is 2.37. The number of halogens is 4. The van der Waals surface area contributed by atoms with Crippen molar-refractivity contribution in [3.63, 3.8) is 0 Å². The zero-order chi connectivity index (χ0) is 15.3. The molecule has 0 bridgehead atoms. The Morgan fingerprint density at radius 3 is 2.60 bits per heavy atom. The smallest absolute Gasteiger partial charge is 0.491 e. The molecule has 0 aliphatic heterocycles. The maximum Gasteiger partial charge on any atom is 0.573 e. The molecule has 0 atom stereocenters. The largest absolute Gasteiger partial charge is 0.573 e. The average Bonchev–Trinajstić information content (AvgIpc) is 2.33. The molecule has 0 amide bonds. The molecule has 0 saturated carbocycles. The second-order valence-corrected chi connectivity index (χ2v) is 4.52. The van der Waals surface area contributed by atoms with Gasteiger partial charge in [0.25, 0.3) is 0 Å². The molecule has 1 aromatic heterocycles. The number of rotatable bonds is 5. The quantitative estimate of drug-likeness (QED) is 0.557. The molecule has 112 valence electrons. The molecule has 0 radical (unpaired) electrons. The predicted molar refractivity (Wildman–Crippen MR) is 70.5 cm³/mol. The average molecular weight is 405 g/mol. The number of carbonyl (C=O) groups excluding carboxylic acids is 1. The summed E-state index contributed by atoms with van der Waals surface area (Å²) in [6, 6.07) is 0. The lowest BCUT2D eigenvalue weighted by Gasteiger charge is -2.15. The van der Waals surface area contributed by atoms with Gasteiger partial charge in [0.1, 0.15) is 0 Å². The number of methoxy groups -OCH3 is 1. The summed E-state index contributed by atoms with van der Waals surface area (Å²) in [6.45, 7) is 1.81. The first-order chi connectivity index (χ1) is 9.28. The van der Waals surface area contributed by atoms with Gasteiger partial charge in [-0.1, -0.05) is 0 Å².